The van der Waals surface area contributed by atoms with Crippen LogP contribution in [0.5, 0.6) is 0 Å². The number of primary amides is 1. The maximum absolute atomic E-state index is 10.7. The Labute approximate surface area is 106 Å². The second-order valence-electron chi connectivity index (χ2n) is 2.61. The van der Waals surface area contributed by atoms with Gasteiger partial charge in [-0.15, -0.1) is 0 Å². The van der Waals surface area contributed by atoms with Crippen LogP contribution in [0.25, 0.3) is 0 Å². The first-order chi connectivity index (χ1) is 6.93. The van der Waals surface area contributed by atoms with Gasteiger partial charge in [0, 0.05) is 10.6 Å². The summed E-state index contributed by atoms with van der Waals surface area (Å²) in [6, 6.07) is 2.27. The second kappa shape index (κ2) is 5.12. The Morgan fingerprint density at radius 2 is 1.80 bits per heavy atom. The van der Waals surface area contributed by atoms with Crippen LogP contribution in [-0.4, -0.2) is 6.03 Å². The number of carbonyl (C=O) groups excluding carboxylic acids is 1. The molecule has 1 rings (SSSR count). The molecule has 0 aromatic heterocycles. The number of amides is 2. The highest BCUT2D eigenvalue weighted by atomic mass is 35.5. The van der Waals surface area contributed by atoms with Crippen LogP contribution in [0.3, 0.4) is 0 Å². The molecule has 0 aliphatic carbocycles. The molecule has 0 aliphatic rings. The molecule has 0 fully saturated rings. The van der Waals surface area contributed by atoms with Crippen molar-refractivity contribution in [3.05, 3.63) is 27.7 Å². The summed E-state index contributed by atoms with van der Waals surface area (Å²) in [6.07, 6.45) is 0. The second-order valence-corrected chi connectivity index (χ2v) is 4.52. The number of nitrogens with two attached hydrogens (primary N) is 1. The summed E-state index contributed by atoms with van der Waals surface area (Å²) in [4.78, 5) is 9.83. The molecular weight excluding hydrogens is 282 g/mol. The third-order valence-corrected chi connectivity index (χ3v) is 2.69. The zero-order chi connectivity index (χ0) is 11.6. The number of nitrogens with one attached hydrogen (secondary N) is 1. The fraction of sp³-hybridized carbons (Fsp3) is 0.125. The highest BCUT2D eigenvalue weighted by molar-refractivity contribution is 6.46. The van der Waals surface area contributed by atoms with E-state index in [1.807, 2.05) is 0 Å². The van der Waals surface area contributed by atoms with E-state index in [0.717, 1.165) is 0 Å². The van der Waals surface area contributed by atoms with Crippen LogP contribution in [0, 0.1) is 0 Å². The van der Waals surface area contributed by atoms with Crippen molar-refractivity contribution in [3.8, 4) is 0 Å². The van der Waals surface area contributed by atoms with Crippen molar-refractivity contribution in [2.24, 2.45) is 5.73 Å². The third kappa shape index (κ3) is 3.05. The highest BCUT2D eigenvalue weighted by Gasteiger charge is 2.18. The van der Waals surface area contributed by atoms with Crippen LogP contribution in [0.15, 0.2) is 12.1 Å². The molecular formula is C8H6Cl4N2O. The monoisotopic (exact) mass is 286 g/mol. The number of hydrogen-bond donors (Lipinski definition) is 2. The molecule has 0 atom stereocenters. The van der Waals surface area contributed by atoms with E-state index in [-0.39, 0.29) is 10.7 Å². The fourth-order valence-electron chi connectivity index (χ4n) is 1.03. The summed E-state index contributed by atoms with van der Waals surface area (Å²) in [7, 11) is 0. The minimum absolute atomic E-state index is 0.228. The predicted molar refractivity (Wildman–Crippen MR) is 64.1 cm³/mol. The average molecular weight is 288 g/mol. The van der Waals surface area contributed by atoms with Gasteiger partial charge in [0.1, 0.15) is 4.84 Å². The van der Waals surface area contributed by atoms with E-state index in [1.54, 1.807) is 0 Å². The Hall–Kier alpha value is -0.350. The maximum atomic E-state index is 10.7. The molecule has 1 aromatic carbocycles. The summed E-state index contributed by atoms with van der Waals surface area (Å²) in [5.41, 5.74) is 5.53. The molecule has 82 valence electrons. The number of benzene rings is 1. The van der Waals surface area contributed by atoms with E-state index >= 15 is 0 Å². The molecule has 7 heteroatoms. The van der Waals surface area contributed by atoms with Crippen molar-refractivity contribution in [3.63, 3.8) is 0 Å². The molecule has 1 aromatic rings. The van der Waals surface area contributed by atoms with E-state index in [0.29, 0.717) is 10.6 Å². The van der Waals surface area contributed by atoms with Crippen LogP contribution in [0.4, 0.5) is 10.5 Å². The van der Waals surface area contributed by atoms with Gasteiger partial charge >= 0.3 is 6.03 Å². The Kier molecular flexibility index (Phi) is 4.34. The topological polar surface area (TPSA) is 55.1 Å². The van der Waals surface area contributed by atoms with Gasteiger partial charge in [-0.05, 0) is 12.1 Å². The lowest BCUT2D eigenvalue weighted by Crippen LogP contribution is -2.20. The minimum atomic E-state index is -0.905. The Balaban J connectivity index is 3.31. The van der Waals surface area contributed by atoms with E-state index in [2.05, 4.69) is 5.32 Å². The summed E-state index contributed by atoms with van der Waals surface area (Å²) < 4.78 is 0. The lowest BCUT2D eigenvalue weighted by Gasteiger charge is -2.13. The molecule has 0 unspecified atom stereocenters. The van der Waals surface area contributed by atoms with Crippen molar-refractivity contribution >= 4 is 58.1 Å². The van der Waals surface area contributed by atoms with Crippen molar-refractivity contribution in [1.29, 1.82) is 0 Å². The number of urea groups is 1. The Morgan fingerprint density at radius 3 is 2.27 bits per heavy atom. The summed E-state index contributed by atoms with van der Waals surface area (Å²) >= 11 is 23.1. The molecule has 0 radical (unpaired) electrons. The van der Waals surface area contributed by atoms with Crippen LogP contribution < -0.4 is 11.1 Å². The van der Waals surface area contributed by atoms with Crippen LogP contribution >= 0.6 is 46.4 Å². The van der Waals surface area contributed by atoms with Crippen LogP contribution in [0.2, 0.25) is 10.0 Å². The number of alkyl halides is 2. The van der Waals surface area contributed by atoms with Crippen molar-refractivity contribution in [1.82, 2.24) is 0 Å². The first kappa shape index (κ1) is 12.7. The van der Waals surface area contributed by atoms with Gasteiger partial charge in [0.25, 0.3) is 0 Å². The van der Waals surface area contributed by atoms with E-state index in [1.165, 1.54) is 12.1 Å². The maximum Gasteiger partial charge on any atom is 0.316 e. The smallest absolute Gasteiger partial charge is 0.316 e. The van der Waals surface area contributed by atoms with Gasteiger partial charge in [0.2, 0.25) is 0 Å². The quantitative estimate of drug-likeness (QED) is 0.795. The first-order valence-corrected chi connectivity index (χ1v) is 5.39. The first-order valence-electron chi connectivity index (χ1n) is 3.76. The minimum Gasteiger partial charge on any atom is -0.351 e. The summed E-state index contributed by atoms with van der Waals surface area (Å²) in [6.45, 7) is 0. The average Bonchev–Trinajstić information content (AvgIpc) is 2.10. The molecule has 15 heavy (non-hydrogen) atoms. The predicted octanol–water partition coefficient (Wildman–Crippen LogP) is 3.96. The fourth-order valence-corrected chi connectivity index (χ4v) is 2.07. The number of hydrogen-bond acceptors (Lipinski definition) is 1. The van der Waals surface area contributed by atoms with Crippen LogP contribution in [0.1, 0.15) is 10.4 Å². The normalized spacial score (nSPS) is 10.5. The molecule has 0 aliphatic heterocycles. The molecule has 3 nitrogen and oxygen atoms in total. The van der Waals surface area contributed by atoms with E-state index in [4.69, 9.17) is 52.1 Å². The highest BCUT2D eigenvalue weighted by Crippen LogP contribution is 2.40. The van der Waals surface area contributed by atoms with Crippen molar-refractivity contribution in [2.45, 2.75) is 4.84 Å². The van der Waals surface area contributed by atoms with Crippen LogP contribution in [-0.2, 0) is 0 Å². The number of rotatable bonds is 2. The zero-order valence-electron chi connectivity index (χ0n) is 7.23. The molecule has 0 saturated heterocycles. The molecule has 3 N–H and O–H groups in total. The standard InChI is InChI=1S/C8H6Cl4N2O/c9-3-1-2-4(10)6(14-8(13)15)5(3)7(11)12/h1-2,7H,(H3,13,14,15). The zero-order valence-corrected chi connectivity index (χ0v) is 10.3. The summed E-state index contributed by atoms with van der Waals surface area (Å²) in [5.74, 6) is 0. The Bertz CT molecular complexity index is 394. The van der Waals surface area contributed by atoms with Gasteiger partial charge < -0.3 is 11.1 Å². The van der Waals surface area contributed by atoms with Gasteiger partial charge in [0.15, 0.2) is 0 Å². The number of carbonyl (C=O) groups is 1. The molecule has 0 spiro atoms. The van der Waals surface area contributed by atoms with Gasteiger partial charge in [0.05, 0.1) is 10.7 Å². The van der Waals surface area contributed by atoms with Crippen molar-refractivity contribution < 1.29 is 4.79 Å². The number of halogens is 4. The van der Waals surface area contributed by atoms with E-state index < -0.39 is 10.9 Å². The van der Waals surface area contributed by atoms with Crippen molar-refractivity contribution in [2.75, 3.05) is 5.32 Å². The Morgan fingerprint density at radius 1 is 1.27 bits per heavy atom. The largest absolute Gasteiger partial charge is 0.351 e. The van der Waals surface area contributed by atoms with Gasteiger partial charge in [-0.25, -0.2) is 4.79 Å². The molecule has 2 amide bonds. The molecule has 0 heterocycles. The van der Waals surface area contributed by atoms with E-state index in [9.17, 15) is 4.79 Å². The lowest BCUT2D eigenvalue weighted by molar-refractivity contribution is 0.259. The summed E-state index contributed by atoms with van der Waals surface area (Å²) in [5, 5.41) is 2.88. The van der Waals surface area contributed by atoms with Gasteiger partial charge in [-0.1, -0.05) is 46.4 Å². The van der Waals surface area contributed by atoms with Gasteiger partial charge in [-0.2, -0.15) is 0 Å². The SMILES string of the molecule is NC(=O)Nc1c(Cl)ccc(Cl)c1C(Cl)Cl. The molecule has 0 saturated carbocycles. The third-order valence-electron chi connectivity index (χ3n) is 1.61. The van der Waals surface area contributed by atoms with Gasteiger partial charge in [-0.3, -0.25) is 0 Å². The lowest BCUT2D eigenvalue weighted by atomic mass is 10.2. The molecule has 0 bridgehead atoms. The number of anilines is 1.